The lowest BCUT2D eigenvalue weighted by Crippen LogP contribution is -2.52. The minimum atomic E-state index is 0.113. The Morgan fingerprint density at radius 3 is 2.67 bits per heavy atom. The molecule has 0 spiro atoms. The molecule has 2 nitrogen and oxygen atoms in total. The first kappa shape index (κ1) is 6.65. The molecule has 1 amide bonds. The Kier molecular flexibility index (Phi) is 1.51. The van der Waals surface area contributed by atoms with Crippen molar-refractivity contribution >= 4 is 14.3 Å². The first-order valence-electron chi connectivity index (χ1n) is 3.40. The van der Waals surface area contributed by atoms with Crippen LogP contribution in [0.3, 0.4) is 0 Å². The van der Waals surface area contributed by atoms with E-state index in [4.69, 9.17) is 0 Å². The van der Waals surface area contributed by atoms with E-state index in [1.807, 2.05) is 0 Å². The van der Waals surface area contributed by atoms with Gasteiger partial charge in [-0.15, -0.1) is 0 Å². The first-order chi connectivity index (χ1) is 4.19. The zero-order chi connectivity index (χ0) is 6.91. The second-order valence-corrected chi connectivity index (χ2v) is 3.12. The van der Waals surface area contributed by atoms with Crippen molar-refractivity contribution < 1.29 is 4.79 Å². The maximum Gasteiger partial charge on any atom is 0.207 e. The highest BCUT2D eigenvalue weighted by atomic mass is 16.1. The summed E-state index contributed by atoms with van der Waals surface area (Å²) in [5.41, 5.74) is 0.113. The lowest BCUT2D eigenvalue weighted by atomic mass is 9.58. The average Bonchev–Trinajstić information content (AvgIpc) is 1.86. The average molecular weight is 125 g/mol. The molecule has 0 aromatic heterocycles. The van der Waals surface area contributed by atoms with E-state index in [0.29, 0.717) is 5.82 Å². The van der Waals surface area contributed by atoms with Gasteiger partial charge in [-0.1, -0.05) is 6.42 Å². The van der Waals surface area contributed by atoms with Crippen LogP contribution in [-0.2, 0) is 4.79 Å². The van der Waals surface area contributed by atoms with Crippen LogP contribution in [0.4, 0.5) is 0 Å². The summed E-state index contributed by atoms with van der Waals surface area (Å²) in [5.74, 6) is 0.655. The highest BCUT2D eigenvalue weighted by molar-refractivity contribution is 6.13. The molecule has 0 aromatic rings. The predicted octanol–water partition coefficient (Wildman–Crippen LogP) is -0.294. The van der Waals surface area contributed by atoms with Crippen LogP contribution in [0.25, 0.3) is 0 Å². The fraction of sp³-hybridized carbons (Fsp3) is 0.833. The van der Waals surface area contributed by atoms with Gasteiger partial charge >= 0.3 is 0 Å². The highest BCUT2D eigenvalue weighted by Gasteiger charge is 2.38. The van der Waals surface area contributed by atoms with Gasteiger partial charge in [0.15, 0.2) is 0 Å². The summed E-state index contributed by atoms with van der Waals surface area (Å²) >= 11 is 0. The van der Waals surface area contributed by atoms with Crippen molar-refractivity contribution in [2.75, 3.05) is 0 Å². The van der Waals surface area contributed by atoms with Gasteiger partial charge in [0.05, 0.1) is 0 Å². The van der Waals surface area contributed by atoms with E-state index in [1.165, 1.54) is 6.42 Å². The molecule has 0 aromatic carbocycles. The summed E-state index contributed by atoms with van der Waals surface area (Å²) in [7, 11) is 2.17. The molecular weight excluding hydrogens is 113 g/mol. The Hall–Kier alpha value is -0.465. The molecule has 0 heterocycles. The monoisotopic (exact) mass is 125 g/mol. The molecule has 1 aliphatic carbocycles. The molecule has 1 saturated carbocycles. The van der Waals surface area contributed by atoms with Crippen molar-refractivity contribution in [3.8, 4) is 0 Å². The second kappa shape index (κ2) is 2.05. The number of amides is 1. The summed E-state index contributed by atoms with van der Waals surface area (Å²) in [6, 6.07) is 0. The Bertz CT molecular complexity index is 128. The van der Waals surface area contributed by atoms with Gasteiger partial charge < -0.3 is 5.32 Å². The Labute approximate surface area is 56.4 Å². The van der Waals surface area contributed by atoms with Crippen LogP contribution in [0.2, 0.25) is 5.82 Å². The zero-order valence-corrected chi connectivity index (χ0v) is 5.98. The highest BCUT2D eigenvalue weighted by Crippen LogP contribution is 2.40. The van der Waals surface area contributed by atoms with Crippen molar-refractivity contribution in [2.45, 2.75) is 31.1 Å². The molecule has 0 unspecified atom stereocenters. The number of rotatable bonds is 2. The van der Waals surface area contributed by atoms with E-state index in [0.717, 1.165) is 12.8 Å². The third-order valence-electron chi connectivity index (χ3n) is 2.57. The predicted molar refractivity (Wildman–Crippen MR) is 39.1 cm³/mol. The van der Waals surface area contributed by atoms with Crippen LogP contribution in [0.5, 0.6) is 0 Å². The molecule has 2 atom stereocenters. The van der Waals surface area contributed by atoms with Crippen LogP contribution >= 0.6 is 0 Å². The summed E-state index contributed by atoms with van der Waals surface area (Å²) in [6.45, 7) is 2.09. The van der Waals surface area contributed by atoms with Crippen molar-refractivity contribution in [3.63, 3.8) is 0 Å². The SMILES string of the molecule is B[C@H]1CC[C@@]1(C)NC=O. The molecule has 0 radical (unpaired) electrons. The molecule has 50 valence electrons. The first-order valence-corrected chi connectivity index (χ1v) is 3.40. The van der Waals surface area contributed by atoms with Gasteiger partial charge in [-0.05, 0) is 19.2 Å². The Morgan fingerprint density at radius 1 is 1.89 bits per heavy atom. The molecule has 0 aliphatic heterocycles. The molecule has 9 heavy (non-hydrogen) atoms. The van der Waals surface area contributed by atoms with Gasteiger partial charge in [-0.3, -0.25) is 4.79 Å². The lowest BCUT2D eigenvalue weighted by molar-refractivity contribution is -0.111. The summed E-state index contributed by atoms with van der Waals surface area (Å²) in [6.07, 6.45) is 3.18. The van der Waals surface area contributed by atoms with E-state index in [-0.39, 0.29) is 5.54 Å². The zero-order valence-electron chi connectivity index (χ0n) is 5.98. The maximum absolute atomic E-state index is 10.0. The Morgan fingerprint density at radius 2 is 2.56 bits per heavy atom. The standard InChI is InChI=1S/C6H12BNO/c1-6(8-4-9)3-2-5(6)7/h4-5H,2-3,7H2,1H3,(H,8,9)/t5-,6+/m0/s1. The summed E-state index contributed by atoms with van der Waals surface area (Å²) in [4.78, 5) is 10.0. The van der Waals surface area contributed by atoms with Crippen molar-refractivity contribution in [1.29, 1.82) is 0 Å². The van der Waals surface area contributed by atoms with Gasteiger partial charge in [0, 0.05) is 5.54 Å². The van der Waals surface area contributed by atoms with Crippen LogP contribution < -0.4 is 5.32 Å². The van der Waals surface area contributed by atoms with E-state index in [2.05, 4.69) is 20.1 Å². The Balaban J connectivity index is 2.43. The van der Waals surface area contributed by atoms with Gasteiger partial charge in [-0.2, -0.15) is 0 Å². The molecular formula is C6H12BNO. The number of hydrogen-bond donors (Lipinski definition) is 1. The van der Waals surface area contributed by atoms with E-state index >= 15 is 0 Å². The largest absolute Gasteiger partial charge is 0.354 e. The van der Waals surface area contributed by atoms with Crippen LogP contribution in [-0.4, -0.2) is 19.8 Å². The van der Waals surface area contributed by atoms with Crippen LogP contribution in [0, 0.1) is 0 Å². The van der Waals surface area contributed by atoms with Crippen LogP contribution in [0.1, 0.15) is 19.8 Å². The van der Waals surface area contributed by atoms with Gasteiger partial charge in [0.2, 0.25) is 6.41 Å². The van der Waals surface area contributed by atoms with E-state index < -0.39 is 0 Å². The lowest BCUT2D eigenvalue weighted by Gasteiger charge is -2.45. The number of carbonyl (C=O) groups excluding carboxylic acids is 1. The minimum absolute atomic E-state index is 0.113. The smallest absolute Gasteiger partial charge is 0.207 e. The van der Waals surface area contributed by atoms with E-state index in [1.54, 1.807) is 0 Å². The third kappa shape index (κ3) is 0.957. The normalized spacial score (nSPS) is 41.2. The molecule has 1 N–H and O–H groups in total. The van der Waals surface area contributed by atoms with Crippen molar-refractivity contribution in [3.05, 3.63) is 0 Å². The van der Waals surface area contributed by atoms with Gasteiger partial charge in [0.25, 0.3) is 0 Å². The van der Waals surface area contributed by atoms with Crippen molar-refractivity contribution in [1.82, 2.24) is 5.32 Å². The summed E-state index contributed by atoms with van der Waals surface area (Å²) < 4.78 is 0. The van der Waals surface area contributed by atoms with Crippen molar-refractivity contribution in [2.24, 2.45) is 0 Å². The molecule has 1 aliphatic rings. The second-order valence-electron chi connectivity index (χ2n) is 3.12. The fourth-order valence-electron chi connectivity index (χ4n) is 1.22. The maximum atomic E-state index is 10.0. The number of hydrogen-bond acceptors (Lipinski definition) is 1. The quantitative estimate of drug-likeness (QED) is 0.398. The minimum Gasteiger partial charge on any atom is -0.354 e. The number of carbonyl (C=O) groups is 1. The summed E-state index contributed by atoms with van der Waals surface area (Å²) in [5, 5.41) is 2.83. The van der Waals surface area contributed by atoms with Gasteiger partial charge in [-0.25, -0.2) is 0 Å². The fourth-order valence-corrected chi connectivity index (χ4v) is 1.22. The molecule has 0 saturated heterocycles. The molecule has 1 rings (SSSR count). The number of nitrogens with one attached hydrogen (secondary N) is 1. The molecule has 1 fully saturated rings. The van der Waals surface area contributed by atoms with E-state index in [9.17, 15) is 4.79 Å². The molecule has 3 heteroatoms. The van der Waals surface area contributed by atoms with Crippen LogP contribution in [0.15, 0.2) is 0 Å². The van der Waals surface area contributed by atoms with Gasteiger partial charge in [0.1, 0.15) is 7.85 Å². The topological polar surface area (TPSA) is 29.1 Å². The third-order valence-corrected chi connectivity index (χ3v) is 2.57. The molecule has 0 bridgehead atoms.